The van der Waals surface area contributed by atoms with E-state index in [1.54, 1.807) is 0 Å². The maximum Gasteiger partial charge on any atom is 0.255 e. The Labute approximate surface area is 106 Å². The smallest absolute Gasteiger partial charge is 0.255 e. The van der Waals surface area contributed by atoms with Crippen LogP contribution in [-0.4, -0.2) is 17.1 Å². The van der Waals surface area contributed by atoms with E-state index in [0.717, 1.165) is 12.1 Å². The van der Waals surface area contributed by atoms with Gasteiger partial charge in [-0.2, -0.15) is 0 Å². The molecule has 0 atom stereocenters. The first kappa shape index (κ1) is 12.9. The predicted molar refractivity (Wildman–Crippen MR) is 66.9 cm³/mol. The maximum atomic E-state index is 13.1. The molecule has 0 aromatic heterocycles. The minimum Gasteiger partial charge on any atom is -0.507 e. The van der Waals surface area contributed by atoms with Gasteiger partial charge in [-0.25, -0.2) is 4.39 Å². The van der Waals surface area contributed by atoms with Gasteiger partial charge in [0, 0.05) is 6.04 Å². The molecule has 98 valence electrons. The lowest BCUT2D eigenvalue weighted by Crippen LogP contribution is -2.29. The number of benzene rings is 1. The molecule has 3 nitrogen and oxygen atoms in total. The highest BCUT2D eigenvalue weighted by Crippen LogP contribution is 2.62. The second kappa shape index (κ2) is 3.70. The minimum atomic E-state index is -0.535. The maximum absolute atomic E-state index is 13.1. The molecule has 0 spiro atoms. The van der Waals surface area contributed by atoms with E-state index in [9.17, 15) is 14.3 Å². The van der Waals surface area contributed by atoms with E-state index in [0.29, 0.717) is 0 Å². The summed E-state index contributed by atoms with van der Waals surface area (Å²) in [5.41, 5.74) is -0.00879. The largest absolute Gasteiger partial charge is 0.507 e. The molecule has 0 unspecified atom stereocenters. The average Bonchev–Trinajstić information content (AvgIpc) is 2.64. The molecule has 2 rings (SSSR count). The van der Waals surface area contributed by atoms with Crippen LogP contribution >= 0.6 is 0 Å². The predicted octanol–water partition coefficient (Wildman–Crippen LogP) is 2.70. The third kappa shape index (κ3) is 1.76. The van der Waals surface area contributed by atoms with Crippen LogP contribution in [0.4, 0.5) is 4.39 Å². The van der Waals surface area contributed by atoms with Crippen molar-refractivity contribution in [2.75, 3.05) is 0 Å². The molecule has 1 aromatic rings. The fourth-order valence-corrected chi connectivity index (χ4v) is 2.46. The molecular weight excluding hydrogens is 233 g/mol. The van der Waals surface area contributed by atoms with Crippen LogP contribution in [0.2, 0.25) is 0 Å². The molecule has 4 heteroatoms. The summed E-state index contributed by atoms with van der Waals surface area (Å²) in [5.74, 6) is -1.17. The summed E-state index contributed by atoms with van der Waals surface area (Å²) in [6, 6.07) is 3.39. The van der Waals surface area contributed by atoms with Crippen molar-refractivity contribution in [2.45, 2.75) is 33.7 Å². The van der Waals surface area contributed by atoms with Crippen molar-refractivity contribution in [1.82, 2.24) is 5.32 Å². The molecule has 18 heavy (non-hydrogen) atoms. The van der Waals surface area contributed by atoms with Gasteiger partial charge in [-0.3, -0.25) is 4.79 Å². The van der Waals surface area contributed by atoms with Gasteiger partial charge in [-0.1, -0.05) is 27.7 Å². The molecule has 0 heterocycles. The van der Waals surface area contributed by atoms with Crippen LogP contribution in [0.25, 0.3) is 0 Å². The van der Waals surface area contributed by atoms with Crippen LogP contribution in [-0.2, 0) is 0 Å². The van der Waals surface area contributed by atoms with E-state index in [1.165, 1.54) is 6.07 Å². The standard InChI is InChI=1S/C14H18FNO2/c1-13(2)12(14(13,3)4)16-11(18)9-7-8(15)5-6-10(9)17/h5-7,12,17H,1-4H3,(H,16,18). The van der Waals surface area contributed by atoms with Crippen molar-refractivity contribution in [3.05, 3.63) is 29.6 Å². The molecule has 1 aromatic carbocycles. The molecule has 0 saturated heterocycles. The van der Waals surface area contributed by atoms with E-state index in [2.05, 4.69) is 33.0 Å². The summed E-state index contributed by atoms with van der Waals surface area (Å²) in [7, 11) is 0. The molecule has 1 saturated carbocycles. The van der Waals surface area contributed by atoms with Crippen molar-refractivity contribution >= 4 is 5.91 Å². The molecule has 0 aliphatic heterocycles. The summed E-state index contributed by atoms with van der Waals surface area (Å²) in [6.07, 6.45) is 0. The summed E-state index contributed by atoms with van der Waals surface area (Å²) < 4.78 is 13.1. The van der Waals surface area contributed by atoms with Crippen LogP contribution in [0.15, 0.2) is 18.2 Å². The van der Waals surface area contributed by atoms with Gasteiger partial charge in [-0.15, -0.1) is 0 Å². The summed E-state index contributed by atoms with van der Waals surface area (Å²) >= 11 is 0. The van der Waals surface area contributed by atoms with E-state index in [1.807, 2.05) is 0 Å². The molecule has 1 aliphatic rings. The van der Waals surface area contributed by atoms with Crippen molar-refractivity contribution in [3.8, 4) is 5.75 Å². The number of phenolic OH excluding ortho intramolecular Hbond substituents is 1. The number of hydrogen-bond donors (Lipinski definition) is 2. The highest BCUT2D eigenvalue weighted by molar-refractivity contribution is 5.97. The van der Waals surface area contributed by atoms with Gasteiger partial charge in [0.1, 0.15) is 11.6 Å². The first-order valence-corrected chi connectivity index (χ1v) is 5.97. The van der Waals surface area contributed by atoms with E-state index in [-0.39, 0.29) is 28.2 Å². The zero-order valence-electron chi connectivity index (χ0n) is 11.0. The highest BCUT2D eigenvalue weighted by Gasteiger charge is 2.65. The Kier molecular flexibility index (Phi) is 2.65. The van der Waals surface area contributed by atoms with Gasteiger partial charge in [0.05, 0.1) is 5.56 Å². The molecule has 2 N–H and O–H groups in total. The van der Waals surface area contributed by atoms with Gasteiger partial charge >= 0.3 is 0 Å². The monoisotopic (exact) mass is 251 g/mol. The van der Waals surface area contributed by atoms with E-state index < -0.39 is 11.7 Å². The van der Waals surface area contributed by atoms with E-state index >= 15 is 0 Å². The van der Waals surface area contributed by atoms with E-state index in [4.69, 9.17) is 0 Å². The topological polar surface area (TPSA) is 49.3 Å². The zero-order chi connectivity index (χ0) is 13.7. The molecule has 0 radical (unpaired) electrons. The van der Waals surface area contributed by atoms with Gasteiger partial charge in [0.15, 0.2) is 0 Å². The number of aromatic hydroxyl groups is 1. The van der Waals surface area contributed by atoms with Crippen LogP contribution in [0.5, 0.6) is 5.75 Å². The Morgan fingerprint density at radius 2 is 1.83 bits per heavy atom. The molecule has 1 fully saturated rings. The van der Waals surface area contributed by atoms with Crippen LogP contribution < -0.4 is 5.32 Å². The number of rotatable bonds is 2. The van der Waals surface area contributed by atoms with Crippen LogP contribution in [0, 0.1) is 16.6 Å². The lowest BCUT2D eigenvalue weighted by Gasteiger charge is -2.08. The number of amides is 1. The summed E-state index contributed by atoms with van der Waals surface area (Å²) in [5, 5.41) is 12.4. The first-order valence-electron chi connectivity index (χ1n) is 5.97. The molecule has 0 bridgehead atoms. The SMILES string of the molecule is CC1(C)C(NC(=O)c2cc(F)ccc2O)C1(C)C. The van der Waals surface area contributed by atoms with Gasteiger partial charge < -0.3 is 10.4 Å². The van der Waals surface area contributed by atoms with Gasteiger partial charge in [0.25, 0.3) is 5.91 Å². The van der Waals surface area contributed by atoms with Crippen molar-refractivity contribution in [2.24, 2.45) is 10.8 Å². The molecule has 1 amide bonds. The Balaban J connectivity index is 2.17. The zero-order valence-corrected chi connectivity index (χ0v) is 11.0. The van der Waals surface area contributed by atoms with Crippen molar-refractivity contribution < 1.29 is 14.3 Å². The quantitative estimate of drug-likeness (QED) is 0.849. The fourth-order valence-electron chi connectivity index (χ4n) is 2.46. The number of carbonyl (C=O) groups is 1. The summed E-state index contributed by atoms with van der Waals surface area (Å²) in [6.45, 7) is 8.29. The number of nitrogens with one attached hydrogen (secondary N) is 1. The first-order chi connectivity index (χ1) is 8.18. The van der Waals surface area contributed by atoms with Crippen molar-refractivity contribution in [1.29, 1.82) is 0 Å². The third-order valence-corrected chi connectivity index (χ3v) is 4.50. The lowest BCUT2D eigenvalue weighted by molar-refractivity contribution is 0.0940. The Morgan fingerprint density at radius 1 is 1.28 bits per heavy atom. The van der Waals surface area contributed by atoms with Crippen LogP contribution in [0.3, 0.4) is 0 Å². The van der Waals surface area contributed by atoms with Crippen LogP contribution in [0.1, 0.15) is 38.1 Å². The van der Waals surface area contributed by atoms with Gasteiger partial charge in [-0.05, 0) is 29.0 Å². The molecule has 1 aliphatic carbocycles. The number of hydrogen-bond acceptors (Lipinski definition) is 2. The Hall–Kier alpha value is -1.58. The fraction of sp³-hybridized carbons (Fsp3) is 0.500. The minimum absolute atomic E-state index is 0.00556. The highest BCUT2D eigenvalue weighted by atomic mass is 19.1. The second-order valence-corrected chi connectivity index (χ2v) is 6.01. The lowest BCUT2D eigenvalue weighted by atomic mass is 10.0. The average molecular weight is 251 g/mol. The number of carbonyl (C=O) groups excluding carboxylic acids is 1. The summed E-state index contributed by atoms with van der Waals surface area (Å²) in [4.78, 5) is 12.0. The second-order valence-electron chi connectivity index (χ2n) is 6.01. The molecular formula is C14H18FNO2. The Morgan fingerprint density at radius 3 is 2.33 bits per heavy atom. The third-order valence-electron chi connectivity index (χ3n) is 4.50. The normalized spacial score (nSPS) is 20.5. The van der Waals surface area contributed by atoms with Crippen molar-refractivity contribution in [3.63, 3.8) is 0 Å². The number of phenols is 1. The van der Waals surface area contributed by atoms with Gasteiger partial charge in [0.2, 0.25) is 0 Å². The Bertz CT molecular complexity index is 495. The number of halogens is 1.